The number of aryl methyl sites for hydroxylation is 3. The fraction of sp³-hybridized carbons (Fsp3) is 0.312. The number of amides is 1. The Bertz CT molecular complexity index is 836. The van der Waals surface area contributed by atoms with Crippen molar-refractivity contribution >= 4 is 11.6 Å². The van der Waals surface area contributed by atoms with Gasteiger partial charge in [-0.3, -0.25) is 4.79 Å². The molecule has 8 nitrogen and oxygen atoms in total. The third-order valence-corrected chi connectivity index (χ3v) is 3.82. The van der Waals surface area contributed by atoms with Gasteiger partial charge in [-0.25, -0.2) is 9.67 Å². The molecule has 1 aromatic carbocycles. The lowest BCUT2D eigenvalue weighted by Gasteiger charge is -2.12. The van der Waals surface area contributed by atoms with Gasteiger partial charge in [0.2, 0.25) is 5.91 Å². The monoisotopic (exact) mass is 325 g/mol. The van der Waals surface area contributed by atoms with Crippen LogP contribution in [0.25, 0.3) is 0 Å². The average Bonchev–Trinajstić information content (AvgIpc) is 3.16. The predicted molar refractivity (Wildman–Crippen MR) is 88.3 cm³/mol. The fourth-order valence-corrected chi connectivity index (χ4v) is 2.41. The van der Waals surface area contributed by atoms with Crippen LogP contribution in [0.15, 0.2) is 36.7 Å². The largest absolute Gasteiger partial charge is 0.331 e. The molecule has 24 heavy (non-hydrogen) atoms. The van der Waals surface area contributed by atoms with Gasteiger partial charge in [-0.05, 0) is 35.9 Å². The molecule has 1 amide bonds. The summed E-state index contributed by atoms with van der Waals surface area (Å²) in [5.74, 6) is 1.56. The summed E-state index contributed by atoms with van der Waals surface area (Å²) in [4.78, 5) is 16.5. The van der Waals surface area contributed by atoms with E-state index in [1.54, 1.807) is 17.8 Å². The van der Waals surface area contributed by atoms with Gasteiger partial charge in [-0.15, -0.1) is 5.10 Å². The normalized spacial score (nSPS) is 10.8. The minimum atomic E-state index is -0.0697. The smallest absolute Gasteiger partial charge is 0.226 e. The van der Waals surface area contributed by atoms with Crippen LogP contribution in [0.4, 0.5) is 5.69 Å². The second kappa shape index (κ2) is 7.03. The maximum atomic E-state index is 12.2. The van der Waals surface area contributed by atoms with E-state index in [-0.39, 0.29) is 5.91 Å². The van der Waals surface area contributed by atoms with Crippen LogP contribution in [-0.4, -0.2) is 35.7 Å². The highest BCUT2D eigenvalue weighted by atomic mass is 16.1. The van der Waals surface area contributed by atoms with Crippen LogP contribution in [0.5, 0.6) is 0 Å². The summed E-state index contributed by atoms with van der Waals surface area (Å²) < 4.78 is 3.65. The van der Waals surface area contributed by atoms with Crippen molar-refractivity contribution < 1.29 is 4.79 Å². The second-order valence-corrected chi connectivity index (χ2v) is 5.51. The first-order valence-electron chi connectivity index (χ1n) is 7.72. The summed E-state index contributed by atoms with van der Waals surface area (Å²) in [5, 5.41) is 14.2. The van der Waals surface area contributed by atoms with Crippen molar-refractivity contribution in [1.29, 1.82) is 0 Å². The van der Waals surface area contributed by atoms with Crippen LogP contribution >= 0.6 is 0 Å². The summed E-state index contributed by atoms with van der Waals surface area (Å²) in [7, 11) is 0. The van der Waals surface area contributed by atoms with Crippen molar-refractivity contribution in [2.45, 2.75) is 33.4 Å². The van der Waals surface area contributed by atoms with E-state index in [4.69, 9.17) is 0 Å². The van der Waals surface area contributed by atoms with E-state index in [2.05, 4.69) is 25.8 Å². The lowest BCUT2D eigenvalue weighted by atomic mass is 10.1. The number of nitrogens with one attached hydrogen (secondary N) is 1. The molecule has 0 spiro atoms. The molecular formula is C16H19N7O. The highest BCUT2D eigenvalue weighted by Crippen LogP contribution is 2.17. The molecule has 124 valence electrons. The first-order valence-corrected chi connectivity index (χ1v) is 7.72. The van der Waals surface area contributed by atoms with Gasteiger partial charge < -0.3 is 9.88 Å². The van der Waals surface area contributed by atoms with E-state index in [0.29, 0.717) is 25.3 Å². The number of anilines is 1. The number of carbonyl (C=O) groups excluding carboxylic acids is 1. The number of carbonyl (C=O) groups is 1. The molecule has 0 fully saturated rings. The van der Waals surface area contributed by atoms with E-state index in [0.717, 1.165) is 17.1 Å². The molecule has 1 N–H and O–H groups in total. The van der Waals surface area contributed by atoms with Crippen molar-refractivity contribution in [3.8, 4) is 0 Å². The maximum absolute atomic E-state index is 12.2. The van der Waals surface area contributed by atoms with Gasteiger partial charge in [0, 0.05) is 24.5 Å². The van der Waals surface area contributed by atoms with Crippen LogP contribution in [0.1, 0.15) is 23.6 Å². The molecule has 0 bridgehead atoms. The molecule has 2 aromatic heterocycles. The zero-order valence-electron chi connectivity index (χ0n) is 13.7. The molecule has 0 saturated carbocycles. The zero-order chi connectivity index (χ0) is 16.9. The van der Waals surface area contributed by atoms with Crippen molar-refractivity contribution in [3.05, 3.63) is 53.9 Å². The summed E-state index contributed by atoms with van der Waals surface area (Å²) >= 11 is 0. The third kappa shape index (κ3) is 3.65. The molecule has 0 aliphatic rings. The summed E-state index contributed by atoms with van der Waals surface area (Å²) in [5.41, 5.74) is 1.84. The van der Waals surface area contributed by atoms with Gasteiger partial charge in [-0.1, -0.05) is 18.2 Å². The van der Waals surface area contributed by atoms with Crippen molar-refractivity contribution in [2.75, 3.05) is 5.32 Å². The Kier molecular flexibility index (Phi) is 4.64. The maximum Gasteiger partial charge on any atom is 0.226 e. The standard InChI is InChI=1S/C16H19N7O/c1-12-17-8-10-22(12)11-14-5-3-4-6-15(14)18-16(24)7-9-23-13(2)19-20-21-23/h3-6,8,10H,7,9,11H2,1-2H3,(H,18,24). The van der Waals surface area contributed by atoms with Gasteiger partial charge in [0.25, 0.3) is 0 Å². The number of nitrogens with zero attached hydrogens (tertiary/aromatic N) is 6. The van der Waals surface area contributed by atoms with E-state index in [9.17, 15) is 4.79 Å². The Morgan fingerprint density at radius 2 is 2.04 bits per heavy atom. The highest BCUT2D eigenvalue weighted by molar-refractivity contribution is 5.91. The Hall–Kier alpha value is -3.03. The number of hydrogen-bond acceptors (Lipinski definition) is 5. The number of para-hydroxylation sites is 1. The first-order chi connectivity index (χ1) is 11.6. The summed E-state index contributed by atoms with van der Waals surface area (Å²) in [6.45, 7) is 4.87. The Morgan fingerprint density at radius 3 is 2.75 bits per heavy atom. The molecule has 0 radical (unpaired) electrons. The minimum absolute atomic E-state index is 0.0697. The van der Waals surface area contributed by atoms with Gasteiger partial charge >= 0.3 is 0 Å². The molecule has 0 aliphatic carbocycles. The minimum Gasteiger partial charge on any atom is -0.331 e. The van der Waals surface area contributed by atoms with Gasteiger partial charge in [0.1, 0.15) is 11.6 Å². The van der Waals surface area contributed by atoms with Gasteiger partial charge in [0.05, 0.1) is 13.1 Å². The molecule has 2 heterocycles. The lowest BCUT2D eigenvalue weighted by molar-refractivity contribution is -0.116. The number of benzene rings is 1. The summed E-state index contributed by atoms with van der Waals surface area (Å²) in [6, 6.07) is 7.77. The predicted octanol–water partition coefficient (Wildman–Crippen LogP) is 1.56. The van der Waals surface area contributed by atoms with Crippen LogP contribution < -0.4 is 5.32 Å². The summed E-state index contributed by atoms with van der Waals surface area (Å²) in [6.07, 6.45) is 4.00. The van der Waals surface area contributed by atoms with Crippen LogP contribution in [0.2, 0.25) is 0 Å². The van der Waals surface area contributed by atoms with Gasteiger partial charge in [0.15, 0.2) is 0 Å². The number of hydrogen-bond donors (Lipinski definition) is 1. The highest BCUT2D eigenvalue weighted by Gasteiger charge is 2.09. The van der Waals surface area contributed by atoms with Crippen LogP contribution in [-0.2, 0) is 17.9 Å². The third-order valence-electron chi connectivity index (χ3n) is 3.82. The molecule has 0 aliphatic heterocycles. The molecule has 0 unspecified atom stereocenters. The average molecular weight is 325 g/mol. The second-order valence-electron chi connectivity index (χ2n) is 5.51. The SMILES string of the molecule is Cc1nccn1Cc1ccccc1NC(=O)CCn1nnnc1C. The first kappa shape index (κ1) is 15.9. The number of imidazole rings is 1. The fourth-order valence-electron chi connectivity index (χ4n) is 2.41. The Balaban J connectivity index is 1.65. The van der Waals surface area contributed by atoms with Crippen molar-refractivity contribution in [2.24, 2.45) is 0 Å². The van der Waals surface area contributed by atoms with E-state index in [1.165, 1.54) is 0 Å². The molecule has 3 rings (SSSR count). The molecule has 3 aromatic rings. The van der Waals surface area contributed by atoms with Crippen LogP contribution in [0.3, 0.4) is 0 Å². The molecule has 8 heteroatoms. The number of aromatic nitrogens is 6. The number of tetrazole rings is 1. The Labute approximate surface area is 139 Å². The molecular weight excluding hydrogens is 306 g/mol. The van der Waals surface area contributed by atoms with Crippen LogP contribution in [0, 0.1) is 13.8 Å². The lowest BCUT2D eigenvalue weighted by Crippen LogP contribution is -2.17. The van der Waals surface area contributed by atoms with Crippen molar-refractivity contribution in [3.63, 3.8) is 0 Å². The van der Waals surface area contributed by atoms with E-state index in [1.807, 2.05) is 42.0 Å². The molecule has 0 atom stereocenters. The van der Waals surface area contributed by atoms with E-state index < -0.39 is 0 Å². The Morgan fingerprint density at radius 1 is 1.21 bits per heavy atom. The van der Waals surface area contributed by atoms with E-state index >= 15 is 0 Å². The van der Waals surface area contributed by atoms with Crippen molar-refractivity contribution in [1.82, 2.24) is 29.8 Å². The molecule has 0 saturated heterocycles. The zero-order valence-corrected chi connectivity index (χ0v) is 13.7. The quantitative estimate of drug-likeness (QED) is 0.743. The van der Waals surface area contributed by atoms with Gasteiger partial charge in [-0.2, -0.15) is 0 Å². The topological polar surface area (TPSA) is 90.5 Å². The number of rotatable bonds is 6.